The lowest BCUT2D eigenvalue weighted by Gasteiger charge is -2.20. The van der Waals surface area contributed by atoms with Crippen LogP contribution in [0.2, 0.25) is 0 Å². The van der Waals surface area contributed by atoms with E-state index in [4.69, 9.17) is 22.4 Å². The summed E-state index contributed by atoms with van der Waals surface area (Å²) in [6.07, 6.45) is 3.70. The molecular weight excluding hydrogens is 230 g/mol. The van der Waals surface area contributed by atoms with Gasteiger partial charge in [-0.3, -0.25) is 4.79 Å². The fourth-order valence-electron chi connectivity index (χ4n) is 1.37. The van der Waals surface area contributed by atoms with Crippen LogP contribution in [0.1, 0.15) is 24.9 Å². The van der Waals surface area contributed by atoms with E-state index < -0.39 is 11.5 Å². The van der Waals surface area contributed by atoms with Crippen LogP contribution >= 0.6 is 11.6 Å². The molecule has 1 aromatic heterocycles. The summed E-state index contributed by atoms with van der Waals surface area (Å²) < 4.78 is 0. The fraction of sp³-hybridized carbons (Fsp3) is 0.600. The van der Waals surface area contributed by atoms with Crippen molar-refractivity contribution in [1.82, 2.24) is 9.97 Å². The number of aromatic amines is 1. The minimum absolute atomic E-state index is 0.107. The van der Waals surface area contributed by atoms with Gasteiger partial charge in [0.1, 0.15) is 11.4 Å². The maximum absolute atomic E-state index is 10.9. The summed E-state index contributed by atoms with van der Waals surface area (Å²) in [6, 6.07) is 0. The molecule has 0 aliphatic carbocycles. The molecule has 16 heavy (non-hydrogen) atoms. The predicted molar refractivity (Wildman–Crippen MR) is 61.6 cm³/mol. The lowest BCUT2D eigenvalue weighted by Crippen LogP contribution is -2.52. The number of halogens is 1. The number of nitrogens with one attached hydrogen (secondary N) is 1. The van der Waals surface area contributed by atoms with Crippen LogP contribution in [-0.2, 0) is 17.6 Å². The molecule has 0 saturated heterocycles. The van der Waals surface area contributed by atoms with Crippen LogP contribution in [-0.4, -0.2) is 32.5 Å². The van der Waals surface area contributed by atoms with Gasteiger partial charge >= 0.3 is 5.97 Å². The largest absolute Gasteiger partial charge is 0.480 e. The molecule has 0 fully saturated rings. The highest BCUT2D eigenvalue weighted by atomic mass is 35.5. The van der Waals surface area contributed by atoms with Crippen molar-refractivity contribution in [2.45, 2.75) is 31.7 Å². The predicted octanol–water partition coefficient (Wildman–Crippen LogP) is 0.926. The monoisotopic (exact) mass is 245 g/mol. The Labute approximate surface area is 99.0 Å². The fourth-order valence-corrected chi connectivity index (χ4v) is 1.58. The van der Waals surface area contributed by atoms with Gasteiger partial charge in [-0.05, 0) is 6.42 Å². The molecule has 6 heteroatoms. The lowest BCUT2D eigenvalue weighted by atomic mass is 9.99. The molecule has 1 atom stereocenters. The zero-order chi connectivity index (χ0) is 12.2. The van der Waals surface area contributed by atoms with E-state index in [0.717, 1.165) is 18.5 Å². The Morgan fingerprint density at radius 3 is 2.94 bits per heavy atom. The summed E-state index contributed by atoms with van der Waals surface area (Å²) in [5, 5.41) is 8.95. The molecule has 0 aliphatic heterocycles. The molecule has 1 aromatic rings. The highest BCUT2D eigenvalue weighted by Crippen LogP contribution is 2.12. The first-order valence-corrected chi connectivity index (χ1v) is 5.66. The summed E-state index contributed by atoms with van der Waals surface area (Å²) in [5.41, 5.74) is 5.19. The molecule has 0 aromatic carbocycles. The second kappa shape index (κ2) is 5.32. The second-order valence-electron chi connectivity index (χ2n) is 3.88. The number of aliphatic carboxylic acids is 1. The zero-order valence-electron chi connectivity index (χ0n) is 9.16. The number of nitrogens with two attached hydrogens (primary N) is 1. The Morgan fingerprint density at radius 1 is 1.75 bits per heavy atom. The van der Waals surface area contributed by atoms with Crippen molar-refractivity contribution in [3.05, 3.63) is 17.7 Å². The molecule has 0 radical (unpaired) electrons. The van der Waals surface area contributed by atoms with Crippen molar-refractivity contribution in [3.8, 4) is 0 Å². The number of carboxylic acids is 1. The molecular formula is C10H16ClN3O2. The van der Waals surface area contributed by atoms with Crippen molar-refractivity contribution in [2.75, 3.05) is 5.88 Å². The van der Waals surface area contributed by atoms with Gasteiger partial charge in [0, 0.05) is 18.3 Å². The normalized spacial score (nSPS) is 14.7. The number of hydrogen-bond acceptors (Lipinski definition) is 3. The average molecular weight is 246 g/mol. The van der Waals surface area contributed by atoms with E-state index in [2.05, 4.69) is 16.9 Å². The minimum atomic E-state index is -1.46. The number of aryl methyl sites for hydroxylation is 1. The van der Waals surface area contributed by atoms with Gasteiger partial charge in [-0.1, -0.05) is 13.3 Å². The molecule has 0 bridgehead atoms. The molecule has 4 N–H and O–H groups in total. The van der Waals surface area contributed by atoms with Crippen molar-refractivity contribution in [2.24, 2.45) is 5.73 Å². The van der Waals surface area contributed by atoms with Crippen LogP contribution in [0.4, 0.5) is 0 Å². The molecule has 1 heterocycles. The number of H-pyrrole nitrogens is 1. The number of nitrogens with zero attached hydrogens (tertiary/aromatic N) is 1. The van der Waals surface area contributed by atoms with Gasteiger partial charge in [-0.25, -0.2) is 4.98 Å². The Hall–Kier alpha value is -1.07. The number of hydrogen-bond donors (Lipinski definition) is 3. The minimum Gasteiger partial charge on any atom is -0.480 e. The Kier molecular flexibility index (Phi) is 4.32. The van der Waals surface area contributed by atoms with Crippen molar-refractivity contribution < 1.29 is 9.90 Å². The van der Waals surface area contributed by atoms with E-state index in [1.165, 1.54) is 0 Å². The van der Waals surface area contributed by atoms with E-state index in [-0.39, 0.29) is 12.3 Å². The van der Waals surface area contributed by atoms with E-state index in [1.54, 1.807) is 6.20 Å². The molecule has 0 spiro atoms. The van der Waals surface area contributed by atoms with Crippen molar-refractivity contribution in [3.63, 3.8) is 0 Å². The Morgan fingerprint density at radius 2 is 2.44 bits per heavy atom. The van der Waals surface area contributed by atoms with Gasteiger partial charge < -0.3 is 15.8 Å². The van der Waals surface area contributed by atoms with E-state index in [9.17, 15) is 4.79 Å². The van der Waals surface area contributed by atoms with Crippen LogP contribution < -0.4 is 5.73 Å². The van der Waals surface area contributed by atoms with Gasteiger partial charge in [0.15, 0.2) is 0 Å². The lowest BCUT2D eigenvalue weighted by molar-refractivity contribution is -0.142. The summed E-state index contributed by atoms with van der Waals surface area (Å²) in [7, 11) is 0. The summed E-state index contributed by atoms with van der Waals surface area (Å²) >= 11 is 5.57. The first kappa shape index (κ1) is 13.0. The highest BCUT2D eigenvalue weighted by Gasteiger charge is 2.34. The number of alkyl halides is 1. The molecule has 5 nitrogen and oxygen atoms in total. The second-order valence-corrected chi connectivity index (χ2v) is 4.14. The first-order valence-electron chi connectivity index (χ1n) is 5.13. The first-order chi connectivity index (χ1) is 7.51. The third-order valence-corrected chi connectivity index (χ3v) is 2.82. The van der Waals surface area contributed by atoms with Crippen LogP contribution in [0, 0.1) is 0 Å². The Bertz CT molecular complexity index is 367. The van der Waals surface area contributed by atoms with Gasteiger partial charge in [-0.2, -0.15) is 0 Å². The number of carboxylic acid groups (broad SMARTS) is 1. The molecule has 1 unspecified atom stereocenters. The molecule has 0 saturated carbocycles. The van der Waals surface area contributed by atoms with Crippen LogP contribution in [0.25, 0.3) is 0 Å². The topological polar surface area (TPSA) is 92.0 Å². The number of rotatable bonds is 6. The van der Waals surface area contributed by atoms with Gasteiger partial charge in [0.25, 0.3) is 0 Å². The quantitative estimate of drug-likeness (QED) is 0.650. The van der Waals surface area contributed by atoms with Gasteiger partial charge in [-0.15, -0.1) is 11.6 Å². The highest BCUT2D eigenvalue weighted by molar-refractivity contribution is 6.20. The third-order valence-electron chi connectivity index (χ3n) is 2.35. The molecule has 1 rings (SSSR count). The van der Waals surface area contributed by atoms with E-state index in [1.807, 2.05) is 0 Å². The smallest absolute Gasteiger partial charge is 0.325 e. The Balaban J connectivity index is 2.74. The summed E-state index contributed by atoms with van der Waals surface area (Å²) in [5.74, 6) is -0.698. The maximum Gasteiger partial charge on any atom is 0.325 e. The van der Waals surface area contributed by atoms with E-state index in [0.29, 0.717) is 5.82 Å². The van der Waals surface area contributed by atoms with Gasteiger partial charge in [0.2, 0.25) is 0 Å². The molecule has 0 amide bonds. The standard InChI is InChI=1S/C10H16ClN3O2/c1-2-3-7-5-13-8(14-7)4-10(12,6-11)9(15)16/h5H,2-4,6,12H2,1H3,(H,13,14)(H,15,16). The average Bonchev–Trinajstić information content (AvgIpc) is 2.65. The number of imidazole rings is 1. The van der Waals surface area contributed by atoms with Crippen LogP contribution in [0.3, 0.4) is 0 Å². The maximum atomic E-state index is 10.9. The van der Waals surface area contributed by atoms with Gasteiger partial charge in [0.05, 0.1) is 5.88 Å². The molecule has 90 valence electrons. The van der Waals surface area contributed by atoms with Crippen LogP contribution in [0.5, 0.6) is 0 Å². The third kappa shape index (κ3) is 2.96. The van der Waals surface area contributed by atoms with E-state index >= 15 is 0 Å². The van der Waals surface area contributed by atoms with Crippen molar-refractivity contribution >= 4 is 17.6 Å². The number of carbonyl (C=O) groups is 1. The SMILES string of the molecule is CCCc1cnc(CC(N)(CCl)C(=O)O)[nH]1. The van der Waals surface area contributed by atoms with Crippen LogP contribution in [0.15, 0.2) is 6.20 Å². The van der Waals surface area contributed by atoms with Crippen molar-refractivity contribution in [1.29, 1.82) is 0 Å². The zero-order valence-corrected chi connectivity index (χ0v) is 9.92. The molecule has 0 aliphatic rings. The summed E-state index contributed by atoms with van der Waals surface area (Å²) in [4.78, 5) is 18.1. The summed E-state index contributed by atoms with van der Waals surface area (Å²) in [6.45, 7) is 2.06. The number of aromatic nitrogens is 2.